The number of carbonyl (C=O) groups excluding carboxylic acids is 1. The first kappa shape index (κ1) is 30.1. The maximum Gasteiger partial charge on any atom is 0.271 e. The molecule has 0 saturated carbocycles. The zero-order valence-corrected chi connectivity index (χ0v) is 26.3. The van der Waals surface area contributed by atoms with Gasteiger partial charge in [-0.2, -0.15) is 0 Å². The van der Waals surface area contributed by atoms with E-state index in [0.29, 0.717) is 56.0 Å². The number of rotatable bonds is 9. The van der Waals surface area contributed by atoms with Gasteiger partial charge in [0.25, 0.3) is 11.5 Å². The Hall–Kier alpha value is -4.92. The van der Waals surface area contributed by atoms with E-state index in [1.807, 2.05) is 116 Å². The summed E-state index contributed by atoms with van der Waals surface area (Å²) in [4.78, 5) is 33.1. The van der Waals surface area contributed by atoms with Crippen LogP contribution in [-0.4, -0.2) is 17.1 Å². The molecule has 6 rings (SSSR count). The number of ether oxygens (including phenoxy) is 2. The lowest BCUT2D eigenvalue weighted by atomic mass is 9.95. The first-order valence-corrected chi connectivity index (χ1v) is 15.7. The molecule has 0 aliphatic carbocycles. The van der Waals surface area contributed by atoms with Crippen LogP contribution in [-0.2, 0) is 11.4 Å². The molecule has 9 heteroatoms. The maximum absolute atomic E-state index is 14.1. The van der Waals surface area contributed by atoms with Gasteiger partial charge < -0.3 is 14.8 Å². The molecule has 0 bridgehead atoms. The molecule has 2 heterocycles. The van der Waals surface area contributed by atoms with Crippen LogP contribution in [0.5, 0.6) is 11.5 Å². The number of fused-ring (bicyclic) bond motifs is 1. The van der Waals surface area contributed by atoms with Gasteiger partial charge in [0.15, 0.2) is 4.80 Å². The number of allylic oxidation sites excluding steroid dienone is 1. The van der Waals surface area contributed by atoms with Crippen molar-refractivity contribution in [2.24, 2.45) is 4.99 Å². The molecular formula is C36H30ClN3O4S. The molecule has 0 fully saturated rings. The summed E-state index contributed by atoms with van der Waals surface area (Å²) in [6.07, 6.45) is 1.83. The van der Waals surface area contributed by atoms with Gasteiger partial charge in [0.2, 0.25) is 0 Å². The number of anilines is 1. The van der Waals surface area contributed by atoms with E-state index in [4.69, 9.17) is 26.1 Å². The lowest BCUT2D eigenvalue weighted by molar-refractivity contribution is -0.113. The van der Waals surface area contributed by atoms with E-state index in [9.17, 15) is 9.59 Å². The Morgan fingerprint density at radius 1 is 0.956 bits per heavy atom. The average Bonchev–Trinajstić information content (AvgIpc) is 3.34. The van der Waals surface area contributed by atoms with Gasteiger partial charge in [0.05, 0.1) is 28.5 Å². The predicted octanol–water partition coefficient (Wildman–Crippen LogP) is 6.51. The van der Waals surface area contributed by atoms with Crippen molar-refractivity contribution in [1.29, 1.82) is 0 Å². The Kier molecular flexibility index (Phi) is 8.96. The van der Waals surface area contributed by atoms with Gasteiger partial charge in [-0.25, -0.2) is 4.99 Å². The van der Waals surface area contributed by atoms with Crippen molar-refractivity contribution in [3.05, 3.63) is 156 Å². The van der Waals surface area contributed by atoms with Crippen LogP contribution < -0.4 is 29.7 Å². The third-order valence-corrected chi connectivity index (χ3v) is 8.47. The second-order valence-electron chi connectivity index (χ2n) is 10.4. The number of aromatic nitrogens is 1. The molecule has 1 N–H and O–H groups in total. The van der Waals surface area contributed by atoms with Crippen LogP contribution in [0.1, 0.15) is 36.6 Å². The zero-order chi connectivity index (χ0) is 31.3. The third kappa shape index (κ3) is 6.77. The molecule has 0 saturated heterocycles. The minimum Gasteiger partial charge on any atom is -0.494 e. The Labute approximate surface area is 269 Å². The molecule has 1 aromatic heterocycles. The highest BCUT2D eigenvalue weighted by molar-refractivity contribution is 7.07. The fourth-order valence-electron chi connectivity index (χ4n) is 5.20. The van der Waals surface area contributed by atoms with Gasteiger partial charge in [0, 0.05) is 10.7 Å². The van der Waals surface area contributed by atoms with E-state index in [0.717, 1.165) is 16.7 Å². The smallest absolute Gasteiger partial charge is 0.271 e. The lowest BCUT2D eigenvalue weighted by Gasteiger charge is -2.25. The van der Waals surface area contributed by atoms with E-state index in [2.05, 4.69) is 5.32 Å². The standard InChI is InChI=1S/C36H30ClN3O4S/c1-3-43-29-17-15-26(16-18-29)33-32(34(41)39-28-12-5-4-6-13-28)23(2)38-36-40(33)35(42)31(45-36)21-24-9-8-14-30(20-24)44-22-25-10-7-11-27(37)19-25/h4-21,33H,3,22H2,1-2H3,(H,39,41)/b31-21-/t33-/m1/s1. The van der Waals surface area contributed by atoms with Gasteiger partial charge in [-0.05, 0) is 85.1 Å². The van der Waals surface area contributed by atoms with Crippen molar-refractivity contribution in [2.75, 3.05) is 11.9 Å². The molecule has 1 aliphatic heterocycles. The first-order chi connectivity index (χ1) is 21.9. The highest BCUT2D eigenvalue weighted by Crippen LogP contribution is 2.32. The fraction of sp³-hybridized carbons (Fsp3) is 0.139. The lowest BCUT2D eigenvalue weighted by Crippen LogP contribution is -2.40. The van der Waals surface area contributed by atoms with Crippen molar-refractivity contribution >= 4 is 40.6 Å². The number of benzene rings is 4. The highest BCUT2D eigenvalue weighted by Gasteiger charge is 2.32. The molecule has 1 amide bonds. The fourth-order valence-corrected chi connectivity index (χ4v) is 6.46. The SMILES string of the molecule is CCOc1ccc([C@@H]2C(C(=O)Nc3ccccc3)=C(C)N=c3s/c(=C\c4cccc(OCc5cccc(Cl)c5)c4)c(=O)n32)cc1. The topological polar surface area (TPSA) is 81.9 Å². The van der Waals surface area contributed by atoms with Crippen molar-refractivity contribution in [3.63, 3.8) is 0 Å². The van der Waals surface area contributed by atoms with Crippen molar-refractivity contribution < 1.29 is 14.3 Å². The van der Waals surface area contributed by atoms with Crippen LogP contribution in [0.3, 0.4) is 0 Å². The van der Waals surface area contributed by atoms with E-state index < -0.39 is 6.04 Å². The summed E-state index contributed by atoms with van der Waals surface area (Å²) in [7, 11) is 0. The van der Waals surface area contributed by atoms with E-state index >= 15 is 0 Å². The molecule has 0 unspecified atom stereocenters. The quantitative estimate of drug-likeness (QED) is 0.200. The minimum absolute atomic E-state index is 0.236. The van der Waals surface area contributed by atoms with E-state index in [-0.39, 0.29) is 11.5 Å². The number of hydrogen-bond acceptors (Lipinski definition) is 6. The summed E-state index contributed by atoms with van der Waals surface area (Å²) in [5.41, 5.74) is 3.90. The number of amides is 1. The molecule has 7 nitrogen and oxygen atoms in total. The molecule has 0 spiro atoms. The average molecular weight is 636 g/mol. The van der Waals surface area contributed by atoms with Gasteiger partial charge in [-0.15, -0.1) is 0 Å². The first-order valence-electron chi connectivity index (χ1n) is 14.5. The maximum atomic E-state index is 14.1. The van der Waals surface area contributed by atoms with Gasteiger partial charge in [-0.1, -0.05) is 77.5 Å². The molecule has 1 atom stereocenters. The van der Waals surface area contributed by atoms with Gasteiger partial charge >= 0.3 is 0 Å². The number of para-hydroxylation sites is 1. The van der Waals surface area contributed by atoms with E-state index in [1.54, 1.807) is 11.5 Å². The largest absolute Gasteiger partial charge is 0.494 e. The Morgan fingerprint density at radius 2 is 1.73 bits per heavy atom. The molecule has 0 radical (unpaired) electrons. The summed E-state index contributed by atoms with van der Waals surface area (Å²) in [6.45, 7) is 4.62. The summed E-state index contributed by atoms with van der Waals surface area (Å²) in [6, 6.07) is 31.1. The number of halogens is 1. The van der Waals surface area contributed by atoms with Crippen molar-refractivity contribution in [3.8, 4) is 11.5 Å². The normalized spacial score (nSPS) is 14.5. The second kappa shape index (κ2) is 13.4. The summed E-state index contributed by atoms with van der Waals surface area (Å²) >= 11 is 7.40. The Morgan fingerprint density at radius 3 is 2.49 bits per heavy atom. The van der Waals surface area contributed by atoms with Crippen molar-refractivity contribution in [1.82, 2.24) is 4.57 Å². The Bertz CT molecular complexity index is 2070. The summed E-state index contributed by atoms with van der Waals surface area (Å²) < 4.78 is 13.8. The second-order valence-corrected chi connectivity index (χ2v) is 11.8. The number of hydrogen-bond donors (Lipinski definition) is 1. The predicted molar refractivity (Wildman–Crippen MR) is 179 cm³/mol. The van der Waals surface area contributed by atoms with Crippen LogP contribution in [0, 0.1) is 0 Å². The molecule has 5 aromatic rings. The number of thiazole rings is 1. The van der Waals surface area contributed by atoms with E-state index in [1.165, 1.54) is 11.3 Å². The number of nitrogens with one attached hydrogen (secondary N) is 1. The molecule has 226 valence electrons. The summed E-state index contributed by atoms with van der Waals surface area (Å²) in [5, 5.41) is 3.63. The van der Waals surface area contributed by atoms with Gasteiger partial charge in [-0.3, -0.25) is 14.2 Å². The van der Waals surface area contributed by atoms with Crippen molar-refractivity contribution in [2.45, 2.75) is 26.5 Å². The zero-order valence-electron chi connectivity index (χ0n) is 24.7. The number of carbonyl (C=O) groups is 1. The van der Waals surface area contributed by atoms with Crippen LogP contribution in [0.15, 0.2) is 124 Å². The Balaban J connectivity index is 1.38. The summed E-state index contributed by atoms with van der Waals surface area (Å²) in [5.74, 6) is 1.06. The highest BCUT2D eigenvalue weighted by atomic mass is 35.5. The van der Waals surface area contributed by atoms with Crippen LogP contribution in [0.2, 0.25) is 5.02 Å². The molecule has 4 aromatic carbocycles. The monoisotopic (exact) mass is 635 g/mol. The van der Waals surface area contributed by atoms with Crippen LogP contribution >= 0.6 is 22.9 Å². The molecule has 45 heavy (non-hydrogen) atoms. The molecule has 1 aliphatic rings. The van der Waals surface area contributed by atoms with Gasteiger partial charge in [0.1, 0.15) is 18.1 Å². The third-order valence-electron chi connectivity index (χ3n) is 7.26. The van der Waals surface area contributed by atoms with Crippen LogP contribution in [0.25, 0.3) is 6.08 Å². The van der Waals surface area contributed by atoms with Crippen LogP contribution in [0.4, 0.5) is 5.69 Å². The molecular weight excluding hydrogens is 606 g/mol. The minimum atomic E-state index is -0.685. The number of nitrogens with zero attached hydrogens (tertiary/aromatic N) is 2.